The maximum atomic E-state index is 12.7. The van der Waals surface area contributed by atoms with Crippen LogP contribution in [0.25, 0.3) is 0 Å². The third-order valence-electron chi connectivity index (χ3n) is 5.50. The number of sulfonamides is 1. The fraction of sp³-hybridized carbons (Fsp3) is 0.417. The predicted molar refractivity (Wildman–Crippen MR) is 125 cm³/mol. The number of hydrazine groups is 1. The van der Waals surface area contributed by atoms with Gasteiger partial charge in [-0.3, -0.25) is 20.4 Å². The third kappa shape index (κ3) is 6.63. The Morgan fingerprint density at radius 3 is 2.12 bits per heavy atom. The fourth-order valence-corrected chi connectivity index (χ4v) is 4.81. The molecular formula is C24H31N3O5S. The van der Waals surface area contributed by atoms with E-state index in [1.165, 1.54) is 4.31 Å². The van der Waals surface area contributed by atoms with Gasteiger partial charge in [0.15, 0.2) is 0 Å². The highest BCUT2D eigenvalue weighted by Crippen LogP contribution is 2.22. The van der Waals surface area contributed by atoms with Crippen molar-refractivity contribution in [2.75, 3.05) is 26.3 Å². The van der Waals surface area contributed by atoms with Crippen LogP contribution in [-0.2, 0) is 31.4 Å². The van der Waals surface area contributed by atoms with Crippen molar-refractivity contribution in [1.82, 2.24) is 15.2 Å². The van der Waals surface area contributed by atoms with E-state index in [0.717, 1.165) is 11.1 Å². The molecule has 0 aliphatic carbocycles. The lowest BCUT2D eigenvalue weighted by Gasteiger charge is -2.26. The molecule has 0 bridgehead atoms. The Morgan fingerprint density at radius 1 is 0.939 bits per heavy atom. The lowest BCUT2D eigenvalue weighted by Crippen LogP contribution is -2.41. The molecule has 9 heteroatoms. The van der Waals surface area contributed by atoms with Crippen molar-refractivity contribution in [2.24, 2.45) is 0 Å². The number of nitrogens with one attached hydrogen (secondary N) is 2. The van der Waals surface area contributed by atoms with Crippen molar-refractivity contribution in [3.63, 3.8) is 0 Å². The molecule has 1 fully saturated rings. The Hall–Kier alpha value is -2.75. The number of rotatable bonds is 6. The van der Waals surface area contributed by atoms with Crippen LogP contribution in [0.2, 0.25) is 0 Å². The average molecular weight is 474 g/mol. The summed E-state index contributed by atoms with van der Waals surface area (Å²) in [7, 11) is -3.54. The molecule has 2 N–H and O–H groups in total. The van der Waals surface area contributed by atoms with E-state index in [4.69, 9.17) is 4.74 Å². The monoisotopic (exact) mass is 473 g/mol. The number of carbonyl (C=O) groups excluding carboxylic acids is 2. The van der Waals surface area contributed by atoms with Gasteiger partial charge in [0.05, 0.1) is 18.1 Å². The topological polar surface area (TPSA) is 105 Å². The van der Waals surface area contributed by atoms with Gasteiger partial charge in [-0.1, -0.05) is 45.0 Å². The van der Waals surface area contributed by atoms with E-state index in [0.29, 0.717) is 38.3 Å². The Bertz CT molecular complexity index is 1070. The molecule has 1 saturated heterocycles. The van der Waals surface area contributed by atoms with Crippen LogP contribution >= 0.6 is 0 Å². The second-order valence-corrected chi connectivity index (χ2v) is 10.9. The molecule has 1 aliphatic rings. The number of hydrogen-bond acceptors (Lipinski definition) is 5. The zero-order chi connectivity index (χ0) is 24.1. The first-order chi connectivity index (χ1) is 15.6. The molecule has 3 rings (SSSR count). The molecule has 0 spiro atoms. The lowest BCUT2D eigenvalue weighted by atomic mass is 9.87. The van der Waals surface area contributed by atoms with Crippen LogP contribution in [-0.4, -0.2) is 50.8 Å². The molecule has 2 aromatic rings. The molecule has 178 valence electrons. The highest BCUT2D eigenvalue weighted by molar-refractivity contribution is 7.89. The molecule has 1 heterocycles. The molecule has 1 aliphatic heterocycles. The summed E-state index contributed by atoms with van der Waals surface area (Å²) >= 11 is 0. The summed E-state index contributed by atoms with van der Waals surface area (Å²) in [6, 6.07) is 13.8. The zero-order valence-electron chi connectivity index (χ0n) is 19.3. The Morgan fingerprint density at radius 2 is 1.55 bits per heavy atom. The number of morpholine rings is 1. The summed E-state index contributed by atoms with van der Waals surface area (Å²) in [6.45, 7) is 7.76. The van der Waals surface area contributed by atoms with E-state index in [-0.39, 0.29) is 28.5 Å². The second-order valence-electron chi connectivity index (χ2n) is 8.99. The van der Waals surface area contributed by atoms with Crippen LogP contribution < -0.4 is 10.9 Å². The Labute approximate surface area is 195 Å². The second kappa shape index (κ2) is 10.5. The minimum atomic E-state index is -3.54. The fourth-order valence-electron chi connectivity index (χ4n) is 3.40. The normalized spacial score (nSPS) is 15.1. The molecule has 0 saturated carbocycles. The van der Waals surface area contributed by atoms with E-state index in [1.54, 1.807) is 36.4 Å². The number of ether oxygens (including phenoxy) is 1. The van der Waals surface area contributed by atoms with Crippen LogP contribution in [0.3, 0.4) is 0 Å². The number of nitrogens with zero attached hydrogens (tertiary/aromatic N) is 1. The molecule has 0 unspecified atom stereocenters. The highest BCUT2D eigenvalue weighted by atomic mass is 32.2. The first-order valence-electron chi connectivity index (χ1n) is 10.9. The van der Waals surface area contributed by atoms with Gasteiger partial charge in [0, 0.05) is 25.1 Å². The Kier molecular flexibility index (Phi) is 7.88. The lowest BCUT2D eigenvalue weighted by molar-refractivity contribution is -0.121. The van der Waals surface area contributed by atoms with E-state index in [1.807, 2.05) is 12.1 Å². The maximum Gasteiger partial charge on any atom is 0.269 e. The zero-order valence-corrected chi connectivity index (χ0v) is 20.1. The summed E-state index contributed by atoms with van der Waals surface area (Å²) in [4.78, 5) is 24.6. The number of carbonyl (C=O) groups is 2. The maximum absolute atomic E-state index is 12.7. The van der Waals surface area contributed by atoms with Crippen molar-refractivity contribution in [1.29, 1.82) is 0 Å². The van der Waals surface area contributed by atoms with Crippen LogP contribution in [0.15, 0.2) is 53.4 Å². The van der Waals surface area contributed by atoms with Gasteiger partial charge in [0.25, 0.3) is 5.91 Å². The summed E-state index contributed by atoms with van der Waals surface area (Å²) in [5.41, 5.74) is 7.25. The van der Waals surface area contributed by atoms with Gasteiger partial charge in [-0.15, -0.1) is 0 Å². The number of aryl methyl sites for hydroxylation is 1. The number of hydrogen-bond donors (Lipinski definition) is 2. The highest BCUT2D eigenvalue weighted by Gasteiger charge is 2.26. The minimum absolute atomic E-state index is 0.00584. The van der Waals surface area contributed by atoms with Crippen LogP contribution in [0.1, 0.15) is 48.7 Å². The molecule has 2 amide bonds. The molecule has 0 atom stereocenters. The first kappa shape index (κ1) is 24.9. The van der Waals surface area contributed by atoms with Gasteiger partial charge >= 0.3 is 0 Å². The largest absolute Gasteiger partial charge is 0.379 e. The number of amides is 2. The summed E-state index contributed by atoms with van der Waals surface area (Å²) in [5.74, 6) is -0.721. The van der Waals surface area contributed by atoms with Gasteiger partial charge in [0.1, 0.15) is 0 Å². The SMILES string of the molecule is CC(C)(C)c1ccc(C(=O)NNC(=O)CCc2ccc(S(=O)(=O)N3CCOCC3)cc2)cc1. The van der Waals surface area contributed by atoms with Gasteiger partial charge < -0.3 is 4.74 Å². The van der Waals surface area contributed by atoms with Crippen LogP contribution in [0.4, 0.5) is 0 Å². The molecule has 8 nitrogen and oxygen atoms in total. The quantitative estimate of drug-likeness (QED) is 0.627. The van der Waals surface area contributed by atoms with Crippen molar-refractivity contribution in [2.45, 2.75) is 43.9 Å². The van der Waals surface area contributed by atoms with Gasteiger partial charge in [-0.05, 0) is 47.2 Å². The standard InChI is InChI=1S/C24H31N3O5S/c1-24(2,3)20-9-7-19(8-10-20)23(29)26-25-22(28)13-6-18-4-11-21(12-5-18)33(30,31)27-14-16-32-17-15-27/h4-5,7-12H,6,13-17H2,1-3H3,(H,25,28)(H,26,29). The summed E-state index contributed by atoms with van der Waals surface area (Å²) in [5, 5.41) is 0. The van der Waals surface area contributed by atoms with E-state index >= 15 is 0 Å². The third-order valence-corrected chi connectivity index (χ3v) is 7.41. The van der Waals surface area contributed by atoms with E-state index in [2.05, 4.69) is 31.6 Å². The minimum Gasteiger partial charge on any atom is -0.379 e. The molecule has 0 radical (unpaired) electrons. The smallest absolute Gasteiger partial charge is 0.269 e. The Balaban J connectivity index is 1.47. The van der Waals surface area contributed by atoms with Gasteiger partial charge in [-0.25, -0.2) is 8.42 Å². The van der Waals surface area contributed by atoms with Crippen molar-refractivity contribution in [3.8, 4) is 0 Å². The predicted octanol–water partition coefficient (Wildman–Crippen LogP) is 2.40. The molecular weight excluding hydrogens is 442 g/mol. The van der Waals surface area contributed by atoms with Crippen molar-refractivity contribution < 1.29 is 22.7 Å². The molecule has 2 aromatic carbocycles. The van der Waals surface area contributed by atoms with E-state index in [9.17, 15) is 18.0 Å². The number of benzene rings is 2. The van der Waals surface area contributed by atoms with Crippen LogP contribution in [0.5, 0.6) is 0 Å². The molecule has 33 heavy (non-hydrogen) atoms. The average Bonchev–Trinajstić information content (AvgIpc) is 2.81. The first-order valence-corrected chi connectivity index (χ1v) is 12.4. The molecule has 0 aromatic heterocycles. The van der Waals surface area contributed by atoms with Gasteiger partial charge in [-0.2, -0.15) is 4.31 Å². The summed E-state index contributed by atoms with van der Waals surface area (Å²) in [6.07, 6.45) is 0.568. The van der Waals surface area contributed by atoms with Crippen LogP contribution in [0, 0.1) is 0 Å². The van der Waals surface area contributed by atoms with Crippen molar-refractivity contribution >= 4 is 21.8 Å². The summed E-state index contributed by atoms with van der Waals surface area (Å²) < 4.78 is 32.0. The van der Waals surface area contributed by atoms with Gasteiger partial charge in [0.2, 0.25) is 15.9 Å². The van der Waals surface area contributed by atoms with Crippen molar-refractivity contribution in [3.05, 3.63) is 65.2 Å². The van der Waals surface area contributed by atoms with E-state index < -0.39 is 10.0 Å².